The number of carbonyl (C=O) groups is 2. The number of amides is 1. The summed E-state index contributed by atoms with van der Waals surface area (Å²) in [5.41, 5.74) is 1.10. The molecule has 0 aliphatic carbocycles. The SMILES string of the molecule is O=C(COC(=O)/C=C/c1cccc(Cl)c1)Nc1cccnc1Cl. The Morgan fingerprint density at radius 3 is 2.78 bits per heavy atom. The quantitative estimate of drug-likeness (QED) is 0.508. The number of esters is 1. The highest BCUT2D eigenvalue weighted by atomic mass is 35.5. The molecule has 0 atom stereocenters. The van der Waals surface area contributed by atoms with E-state index >= 15 is 0 Å². The summed E-state index contributed by atoms with van der Waals surface area (Å²) in [4.78, 5) is 27.1. The van der Waals surface area contributed by atoms with E-state index in [9.17, 15) is 9.59 Å². The lowest BCUT2D eigenvalue weighted by molar-refractivity contribution is -0.142. The molecule has 1 aromatic carbocycles. The number of nitrogens with one attached hydrogen (secondary N) is 1. The van der Waals surface area contributed by atoms with Crippen molar-refractivity contribution in [3.63, 3.8) is 0 Å². The van der Waals surface area contributed by atoms with Crippen LogP contribution >= 0.6 is 23.2 Å². The van der Waals surface area contributed by atoms with E-state index < -0.39 is 18.5 Å². The Kier molecular flexibility index (Phi) is 6.14. The van der Waals surface area contributed by atoms with Gasteiger partial charge in [0.05, 0.1) is 5.69 Å². The number of ether oxygens (including phenoxy) is 1. The van der Waals surface area contributed by atoms with Crippen LogP contribution in [0.15, 0.2) is 48.7 Å². The number of hydrogen-bond acceptors (Lipinski definition) is 4. The van der Waals surface area contributed by atoms with Gasteiger partial charge in [-0.3, -0.25) is 4.79 Å². The van der Waals surface area contributed by atoms with E-state index in [0.717, 1.165) is 5.56 Å². The topological polar surface area (TPSA) is 68.3 Å². The number of aromatic nitrogens is 1. The van der Waals surface area contributed by atoms with Gasteiger partial charge in [0.15, 0.2) is 11.8 Å². The van der Waals surface area contributed by atoms with Gasteiger partial charge in [0.2, 0.25) is 0 Å². The number of benzene rings is 1. The molecule has 23 heavy (non-hydrogen) atoms. The summed E-state index contributed by atoms with van der Waals surface area (Å²) in [6.07, 6.45) is 4.26. The van der Waals surface area contributed by atoms with Crippen LogP contribution in [0.5, 0.6) is 0 Å². The van der Waals surface area contributed by atoms with E-state index in [2.05, 4.69) is 10.3 Å². The normalized spacial score (nSPS) is 10.5. The van der Waals surface area contributed by atoms with Crippen LogP contribution in [0.25, 0.3) is 6.08 Å². The fourth-order valence-electron chi connectivity index (χ4n) is 1.62. The first kappa shape index (κ1) is 17.0. The molecule has 1 N–H and O–H groups in total. The number of carbonyl (C=O) groups excluding carboxylic acids is 2. The summed E-state index contributed by atoms with van der Waals surface area (Å²) in [6, 6.07) is 10.2. The Labute approximate surface area is 142 Å². The number of anilines is 1. The first-order valence-corrected chi connectivity index (χ1v) is 7.31. The van der Waals surface area contributed by atoms with Gasteiger partial charge in [-0.15, -0.1) is 0 Å². The van der Waals surface area contributed by atoms with E-state index in [-0.39, 0.29) is 5.15 Å². The van der Waals surface area contributed by atoms with E-state index in [0.29, 0.717) is 10.7 Å². The zero-order chi connectivity index (χ0) is 16.7. The van der Waals surface area contributed by atoms with Gasteiger partial charge >= 0.3 is 5.97 Å². The number of rotatable bonds is 5. The van der Waals surface area contributed by atoms with Crippen LogP contribution in [0.2, 0.25) is 10.2 Å². The fraction of sp³-hybridized carbons (Fsp3) is 0.0625. The first-order valence-electron chi connectivity index (χ1n) is 6.55. The third kappa shape index (κ3) is 5.73. The van der Waals surface area contributed by atoms with Crippen LogP contribution < -0.4 is 5.32 Å². The molecule has 0 saturated heterocycles. The lowest BCUT2D eigenvalue weighted by Gasteiger charge is -2.06. The van der Waals surface area contributed by atoms with E-state index in [1.165, 1.54) is 12.3 Å². The predicted octanol–water partition coefficient (Wildman–Crippen LogP) is 3.58. The molecule has 1 heterocycles. The molecule has 1 aromatic heterocycles. The molecule has 0 radical (unpaired) electrons. The Bertz CT molecular complexity index is 748. The van der Waals surface area contributed by atoms with Crippen LogP contribution in [0.3, 0.4) is 0 Å². The second-order valence-corrected chi connectivity index (χ2v) is 5.18. The maximum Gasteiger partial charge on any atom is 0.331 e. The second kappa shape index (κ2) is 8.31. The summed E-state index contributed by atoms with van der Waals surface area (Å²) >= 11 is 11.6. The first-order chi connectivity index (χ1) is 11.0. The highest BCUT2D eigenvalue weighted by molar-refractivity contribution is 6.32. The smallest absolute Gasteiger partial charge is 0.331 e. The molecule has 0 saturated carbocycles. The average molecular weight is 351 g/mol. The number of nitrogens with zero attached hydrogens (tertiary/aromatic N) is 1. The zero-order valence-corrected chi connectivity index (χ0v) is 13.3. The lowest BCUT2D eigenvalue weighted by atomic mass is 10.2. The van der Waals surface area contributed by atoms with Gasteiger partial charge in [0, 0.05) is 17.3 Å². The van der Waals surface area contributed by atoms with E-state index in [1.54, 1.807) is 42.5 Å². The second-order valence-electron chi connectivity index (χ2n) is 4.39. The highest BCUT2D eigenvalue weighted by Crippen LogP contribution is 2.17. The third-order valence-electron chi connectivity index (χ3n) is 2.64. The predicted molar refractivity (Wildman–Crippen MR) is 89.3 cm³/mol. The van der Waals surface area contributed by atoms with E-state index in [4.69, 9.17) is 27.9 Å². The van der Waals surface area contributed by atoms with Gasteiger partial charge in [-0.1, -0.05) is 35.3 Å². The molecule has 1 amide bonds. The molecule has 5 nitrogen and oxygen atoms in total. The minimum atomic E-state index is -0.641. The summed E-state index contributed by atoms with van der Waals surface area (Å²) < 4.78 is 4.83. The zero-order valence-electron chi connectivity index (χ0n) is 11.8. The Morgan fingerprint density at radius 1 is 1.22 bits per heavy atom. The van der Waals surface area contributed by atoms with Gasteiger partial charge in [-0.05, 0) is 35.9 Å². The monoisotopic (exact) mass is 350 g/mol. The van der Waals surface area contributed by atoms with E-state index in [1.807, 2.05) is 0 Å². The van der Waals surface area contributed by atoms with Gasteiger partial charge < -0.3 is 10.1 Å². The molecule has 0 spiro atoms. The molecule has 118 valence electrons. The van der Waals surface area contributed by atoms with Crippen LogP contribution in [-0.4, -0.2) is 23.5 Å². The van der Waals surface area contributed by atoms with Gasteiger partial charge in [-0.25, -0.2) is 9.78 Å². The molecule has 0 aliphatic rings. The van der Waals surface area contributed by atoms with Crippen LogP contribution in [0.4, 0.5) is 5.69 Å². The van der Waals surface area contributed by atoms with Crippen molar-refractivity contribution in [2.24, 2.45) is 0 Å². The van der Waals surface area contributed by atoms with Crippen LogP contribution in [0.1, 0.15) is 5.56 Å². The number of halogens is 2. The third-order valence-corrected chi connectivity index (χ3v) is 3.18. The molecular formula is C16H12Cl2N2O3. The summed E-state index contributed by atoms with van der Waals surface area (Å²) in [5.74, 6) is -1.15. The minimum Gasteiger partial charge on any atom is -0.452 e. The number of pyridine rings is 1. The molecule has 7 heteroatoms. The Hall–Kier alpha value is -2.37. The minimum absolute atomic E-state index is 0.160. The van der Waals surface area contributed by atoms with Crippen molar-refractivity contribution in [1.29, 1.82) is 0 Å². The summed E-state index contributed by atoms with van der Waals surface area (Å²) in [5, 5.41) is 3.22. The van der Waals surface area contributed by atoms with Crippen molar-refractivity contribution in [2.75, 3.05) is 11.9 Å². The van der Waals surface area contributed by atoms with Crippen LogP contribution in [-0.2, 0) is 14.3 Å². The number of hydrogen-bond donors (Lipinski definition) is 1. The maximum absolute atomic E-state index is 11.7. The molecule has 2 aromatic rings. The summed E-state index contributed by atoms with van der Waals surface area (Å²) in [6.45, 7) is -0.427. The fourth-order valence-corrected chi connectivity index (χ4v) is 1.99. The molecule has 0 unspecified atom stereocenters. The van der Waals surface area contributed by atoms with Gasteiger partial charge in [0.25, 0.3) is 5.91 Å². The molecule has 0 fully saturated rings. The molecule has 0 bridgehead atoms. The summed E-state index contributed by atoms with van der Waals surface area (Å²) in [7, 11) is 0. The molecule has 0 aliphatic heterocycles. The van der Waals surface area contributed by atoms with Crippen LogP contribution in [0, 0.1) is 0 Å². The van der Waals surface area contributed by atoms with Crippen molar-refractivity contribution in [2.45, 2.75) is 0 Å². The maximum atomic E-state index is 11.7. The standard InChI is InChI=1S/C16H12Cl2N2O3/c17-12-4-1-3-11(9-12)6-7-15(22)23-10-14(21)20-13-5-2-8-19-16(13)18/h1-9H,10H2,(H,20,21)/b7-6+. The van der Waals surface area contributed by atoms with Crippen molar-refractivity contribution >= 4 is 46.8 Å². The Balaban J connectivity index is 1.82. The largest absolute Gasteiger partial charge is 0.452 e. The Morgan fingerprint density at radius 2 is 2.04 bits per heavy atom. The molecular weight excluding hydrogens is 339 g/mol. The lowest BCUT2D eigenvalue weighted by Crippen LogP contribution is -2.20. The van der Waals surface area contributed by atoms with Crippen molar-refractivity contribution in [3.8, 4) is 0 Å². The van der Waals surface area contributed by atoms with Crippen molar-refractivity contribution in [1.82, 2.24) is 4.98 Å². The average Bonchev–Trinajstić information content (AvgIpc) is 2.53. The van der Waals surface area contributed by atoms with Crippen molar-refractivity contribution < 1.29 is 14.3 Å². The van der Waals surface area contributed by atoms with Gasteiger partial charge in [0.1, 0.15) is 0 Å². The highest BCUT2D eigenvalue weighted by Gasteiger charge is 2.08. The molecule has 2 rings (SSSR count). The van der Waals surface area contributed by atoms with Gasteiger partial charge in [-0.2, -0.15) is 0 Å². The van der Waals surface area contributed by atoms with Crippen molar-refractivity contribution in [3.05, 3.63) is 64.4 Å².